The highest BCUT2D eigenvalue weighted by Gasteiger charge is 2.33. The van der Waals surface area contributed by atoms with Crippen molar-refractivity contribution in [1.82, 2.24) is 14.3 Å². The number of benzene rings is 2. The third-order valence-electron chi connectivity index (χ3n) is 7.73. The standard InChI is InChI=1S/C32H31N5O4S2/c1-21-5-4-14-36-28(21)33-29(35-17-15-34(16-18-35)23-8-12-25(41-3)13-9-23)26(30(36)38)19-27-31(39)37(32(42)43-27)20-22-6-10-24(40-2)11-7-22/h4-14,19H,15-18,20H2,1-3H3/b27-19+. The van der Waals surface area contributed by atoms with Gasteiger partial charge in [-0.1, -0.05) is 42.2 Å². The number of ether oxygens (including phenoxy) is 2. The molecule has 6 rings (SSSR count). The number of fused-ring (bicyclic) bond motifs is 1. The Balaban J connectivity index is 1.31. The first-order valence-electron chi connectivity index (χ1n) is 13.9. The zero-order valence-electron chi connectivity index (χ0n) is 24.1. The van der Waals surface area contributed by atoms with Gasteiger partial charge in [-0.05, 0) is 66.6 Å². The van der Waals surface area contributed by atoms with E-state index in [0.717, 1.165) is 41.4 Å². The number of hydrogen-bond donors (Lipinski definition) is 0. The summed E-state index contributed by atoms with van der Waals surface area (Å²) in [6, 6.07) is 19.3. The second kappa shape index (κ2) is 12.1. The van der Waals surface area contributed by atoms with Gasteiger partial charge in [0, 0.05) is 38.1 Å². The van der Waals surface area contributed by atoms with E-state index < -0.39 is 0 Å². The van der Waals surface area contributed by atoms with E-state index in [0.29, 0.717) is 45.9 Å². The van der Waals surface area contributed by atoms with Gasteiger partial charge in [-0.15, -0.1) is 0 Å². The average Bonchev–Trinajstić information content (AvgIpc) is 3.30. The Morgan fingerprint density at radius 3 is 2.19 bits per heavy atom. The molecule has 4 aromatic rings. The van der Waals surface area contributed by atoms with E-state index in [4.69, 9.17) is 26.7 Å². The number of methoxy groups -OCH3 is 2. The van der Waals surface area contributed by atoms with Crippen molar-refractivity contribution in [2.75, 3.05) is 50.2 Å². The summed E-state index contributed by atoms with van der Waals surface area (Å²) in [5.74, 6) is 1.91. The summed E-state index contributed by atoms with van der Waals surface area (Å²) >= 11 is 6.81. The highest BCUT2D eigenvalue weighted by atomic mass is 32.2. The maximum atomic E-state index is 13.9. The fraction of sp³-hybridized carbons (Fsp3) is 0.250. The van der Waals surface area contributed by atoms with Gasteiger partial charge in [-0.25, -0.2) is 4.98 Å². The predicted octanol–water partition coefficient (Wildman–Crippen LogP) is 4.75. The zero-order valence-corrected chi connectivity index (χ0v) is 25.8. The maximum Gasteiger partial charge on any atom is 0.267 e. The minimum atomic E-state index is -0.227. The Bertz CT molecular complexity index is 1780. The monoisotopic (exact) mass is 613 g/mol. The first-order chi connectivity index (χ1) is 20.9. The third kappa shape index (κ3) is 5.70. The van der Waals surface area contributed by atoms with Crippen molar-refractivity contribution in [1.29, 1.82) is 0 Å². The Morgan fingerprint density at radius 1 is 0.907 bits per heavy atom. The molecular formula is C32H31N5O4S2. The number of aromatic nitrogens is 2. The largest absolute Gasteiger partial charge is 0.497 e. The van der Waals surface area contributed by atoms with Crippen molar-refractivity contribution in [3.05, 3.63) is 98.8 Å². The summed E-state index contributed by atoms with van der Waals surface area (Å²) in [5.41, 5.74) is 3.70. The van der Waals surface area contributed by atoms with Gasteiger partial charge in [0.2, 0.25) is 0 Å². The van der Waals surface area contributed by atoms with Crippen molar-refractivity contribution in [2.45, 2.75) is 13.5 Å². The van der Waals surface area contributed by atoms with Gasteiger partial charge in [0.25, 0.3) is 11.5 Å². The van der Waals surface area contributed by atoms with Gasteiger partial charge in [0.15, 0.2) is 0 Å². The number of carbonyl (C=O) groups is 1. The number of nitrogens with zero attached hydrogens (tertiary/aromatic N) is 5. The van der Waals surface area contributed by atoms with E-state index in [9.17, 15) is 9.59 Å². The van der Waals surface area contributed by atoms with Crippen molar-refractivity contribution in [2.24, 2.45) is 0 Å². The summed E-state index contributed by atoms with van der Waals surface area (Å²) in [5, 5.41) is 0. The number of aryl methyl sites for hydroxylation is 1. The van der Waals surface area contributed by atoms with Crippen molar-refractivity contribution >= 4 is 57.4 Å². The molecule has 43 heavy (non-hydrogen) atoms. The second-order valence-corrected chi connectivity index (χ2v) is 12.0. The number of thiocarbonyl (C=S) groups is 1. The molecule has 220 valence electrons. The van der Waals surface area contributed by atoms with Gasteiger partial charge >= 0.3 is 0 Å². The van der Waals surface area contributed by atoms with Crippen molar-refractivity contribution in [3.8, 4) is 11.5 Å². The average molecular weight is 614 g/mol. The molecule has 9 nitrogen and oxygen atoms in total. The SMILES string of the molecule is COc1ccc(CN2C(=O)/C(=C\c3c(N4CCN(c5ccc(OC)cc5)CC4)nc4c(C)cccn4c3=O)SC2=S)cc1. The van der Waals surface area contributed by atoms with E-state index in [1.807, 2.05) is 55.5 Å². The van der Waals surface area contributed by atoms with Crippen LogP contribution in [0.15, 0.2) is 76.6 Å². The highest BCUT2D eigenvalue weighted by Crippen LogP contribution is 2.35. The predicted molar refractivity (Wildman–Crippen MR) is 175 cm³/mol. The molecule has 2 aromatic carbocycles. The van der Waals surface area contributed by atoms with E-state index in [-0.39, 0.29) is 11.5 Å². The van der Waals surface area contributed by atoms with E-state index >= 15 is 0 Å². The number of amides is 1. The molecule has 0 aliphatic carbocycles. The van der Waals surface area contributed by atoms with E-state index in [2.05, 4.69) is 21.9 Å². The molecule has 4 heterocycles. The van der Waals surface area contributed by atoms with Crippen LogP contribution in [0.5, 0.6) is 11.5 Å². The Labute approximate surface area is 259 Å². The topological polar surface area (TPSA) is 79.6 Å². The molecule has 2 aliphatic heterocycles. The van der Waals surface area contributed by atoms with Crippen LogP contribution < -0.4 is 24.8 Å². The molecule has 11 heteroatoms. The molecular weight excluding hydrogens is 583 g/mol. The second-order valence-electron chi connectivity index (χ2n) is 10.3. The van der Waals surface area contributed by atoms with Crippen LogP contribution in [0.2, 0.25) is 0 Å². The minimum Gasteiger partial charge on any atom is -0.497 e. The summed E-state index contributed by atoms with van der Waals surface area (Å²) in [6.07, 6.45) is 3.39. The number of hydrogen-bond acceptors (Lipinski definition) is 9. The lowest BCUT2D eigenvalue weighted by atomic mass is 10.2. The van der Waals surface area contributed by atoms with Gasteiger partial charge in [0.1, 0.15) is 27.3 Å². The number of anilines is 2. The number of thioether (sulfide) groups is 1. The van der Waals surface area contributed by atoms with Gasteiger partial charge in [-0.2, -0.15) is 0 Å². The lowest BCUT2D eigenvalue weighted by molar-refractivity contribution is -0.122. The summed E-state index contributed by atoms with van der Waals surface area (Å²) < 4.78 is 12.5. The number of pyridine rings is 1. The van der Waals surface area contributed by atoms with Crippen LogP contribution in [0.4, 0.5) is 11.5 Å². The molecule has 1 amide bonds. The molecule has 0 unspecified atom stereocenters. The molecule has 0 bridgehead atoms. The quantitative estimate of drug-likeness (QED) is 0.217. The first-order valence-corrected chi connectivity index (χ1v) is 15.1. The molecule has 0 atom stereocenters. The first kappa shape index (κ1) is 28.8. The smallest absolute Gasteiger partial charge is 0.267 e. The fourth-order valence-corrected chi connectivity index (χ4v) is 6.56. The molecule has 2 aromatic heterocycles. The van der Waals surface area contributed by atoms with Crippen LogP contribution in [-0.4, -0.2) is 64.9 Å². The zero-order chi connectivity index (χ0) is 30.1. The summed E-state index contributed by atoms with van der Waals surface area (Å²) in [6.45, 7) is 5.12. The fourth-order valence-electron chi connectivity index (χ4n) is 5.32. The Kier molecular flexibility index (Phi) is 8.09. The summed E-state index contributed by atoms with van der Waals surface area (Å²) in [4.78, 5) is 38.9. The van der Waals surface area contributed by atoms with Crippen LogP contribution in [0.25, 0.3) is 11.7 Å². The molecule has 2 aliphatic rings. The van der Waals surface area contributed by atoms with E-state index in [1.54, 1.807) is 35.8 Å². The van der Waals surface area contributed by atoms with Crippen LogP contribution in [0.1, 0.15) is 16.7 Å². The molecule has 0 N–H and O–H groups in total. The minimum absolute atomic E-state index is 0.221. The van der Waals surface area contributed by atoms with Gasteiger partial charge in [-0.3, -0.25) is 18.9 Å². The molecule has 0 spiro atoms. The van der Waals surface area contributed by atoms with Crippen LogP contribution in [-0.2, 0) is 11.3 Å². The van der Waals surface area contributed by atoms with Crippen LogP contribution in [0.3, 0.4) is 0 Å². The normalized spacial score (nSPS) is 16.4. The molecule has 0 radical (unpaired) electrons. The summed E-state index contributed by atoms with van der Waals surface area (Å²) in [7, 11) is 3.27. The molecule has 0 saturated carbocycles. The molecule has 2 fully saturated rings. The Morgan fingerprint density at radius 2 is 1.53 bits per heavy atom. The van der Waals surface area contributed by atoms with Gasteiger partial charge in [0.05, 0.1) is 31.2 Å². The third-order valence-corrected chi connectivity index (χ3v) is 9.11. The number of piperazine rings is 1. The van der Waals surface area contributed by atoms with Crippen molar-refractivity contribution in [3.63, 3.8) is 0 Å². The van der Waals surface area contributed by atoms with E-state index in [1.165, 1.54) is 11.8 Å². The number of carbonyl (C=O) groups excluding carboxylic acids is 1. The Hall–Kier alpha value is -4.35. The maximum absolute atomic E-state index is 13.9. The lowest BCUT2D eigenvalue weighted by Crippen LogP contribution is -2.47. The van der Waals surface area contributed by atoms with Gasteiger partial charge < -0.3 is 19.3 Å². The lowest BCUT2D eigenvalue weighted by Gasteiger charge is -2.37. The number of rotatable bonds is 7. The van der Waals surface area contributed by atoms with Crippen LogP contribution >= 0.6 is 24.0 Å². The molecule has 2 saturated heterocycles. The van der Waals surface area contributed by atoms with Crippen LogP contribution in [0, 0.1) is 6.92 Å². The van der Waals surface area contributed by atoms with Crippen molar-refractivity contribution < 1.29 is 14.3 Å². The highest BCUT2D eigenvalue weighted by molar-refractivity contribution is 8.26.